The van der Waals surface area contributed by atoms with Crippen molar-refractivity contribution in [3.8, 4) is 11.5 Å². The summed E-state index contributed by atoms with van der Waals surface area (Å²) >= 11 is 5.91. The van der Waals surface area contributed by atoms with Crippen LogP contribution in [0.4, 0.5) is 5.69 Å². The zero-order valence-corrected chi connectivity index (χ0v) is 19.5. The van der Waals surface area contributed by atoms with Gasteiger partial charge in [-0.2, -0.15) is 0 Å². The van der Waals surface area contributed by atoms with Crippen molar-refractivity contribution in [1.29, 1.82) is 0 Å². The van der Waals surface area contributed by atoms with Gasteiger partial charge in [-0.05, 0) is 55.5 Å². The van der Waals surface area contributed by atoms with Crippen LogP contribution in [0.5, 0.6) is 11.5 Å². The van der Waals surface area contributed by atoms with Crippen LogP contribution in [0.15, 0.2) is 77.7 Å². The lowest BCUT2D eigenvalue weighted by Gasteiger charge is -2.27. The summed E-state index contributed by atoms with van der Waals surface area (Å²) in [6.45, 7) is 1.97. The quantitative estimate of drug-likeness (QED) is 0.549. The molecule has 172 valence electrons. The zero-order chi connectivity index (χ0) is 23.4. The molecule has 1 N–H and O–H groups in total. The molecule has 1 aliphatic rings. The van der Waals surface area contributed by atoms with Crippen LogP contribution in [-0.4, -0.2) is 40.1 Å². The standard InChI is InChI=1S/C24H23ClN2O5S/c1-17-6-10-19(11-7-17)27(33(29,30)21-12-8-18(25)9-13-21)15-24(28)26-14-20-16-31-22-4-2-3-5-23(22)32-20/h2-13,20H,14-16H2,1H3,(H,26,28)/t20-/m0/s1. The Morgan fingerprint density at radius 2 is 1.70 bits per heavy atom. The highest BCUT2D eigenvalue weighted by Crippen LogP contribution is 2.30. The van der Waals surface area contributed by atoms with Crippen LogP contribution in [-0.2, 0) is 14.8 Å². The Bertz CT molecular complexity index is 1230. The summed E-state index contributed by atoms with van der Waals surface area (Å²) in [5, 5.41) is 3.18. The summed E-state index contributed by atoms with van der Waals surface area (Å²) in [6, 6.07) is 20.1. The van der Waals surface area contributed by atoms with Gasteiger partial charge >= 0.3 is 0 Å². The third-order valence-electron chi connectivity index (χ3n) is 5.11. The smallest absolute Gasteiger partial charge is 0.264 e. The third-order valence-corrected chi connectivity index (χ3v) is 7.15. The van der Waals surface area contributed by atoms with Crippen LogP contribution < -0.4 is 19.1 Å². The van der Waals surface area contributed by atoms with Crippen molar-refractivity contribution in [3.63, 3.8) is 0 Å². The van der Waals surface area contributed by atoms with Gasteiger partial charge < -0.3 is 14.8 Å². The first-order chi connectivity index (χ1) is 15.8. The molecule has 0 aromatic heterocycles. The summed E-state index contributed by atoms with van der Waals surface area (Å²) in [4.78, 5) is 12.8. The van der Waals surface area contributed by atoms with Gasteiger partial charge in [-0.25, -0.2) is 8.42 Å². The average molecular weight is 487 g/mol. The van der Waals surface area contributed by atoms with Crippen LogP contribution in [0.2, 0.25) is 5.02 Å². The van der Waals surface area contributed by atoms with Crippen molar-refractivity contribution in [2.75, 3.05) is 24.0 Å². The van der Waals surface area contributed by atoms with Crippen molar-refractivity contribution in [2.45, 2.75) is 17.9 Å². The van der Waals surface area contributed by atoms with Crippen LogP contribution in [0, 0.1) is 6.92 Å². The van der Waals surface area contributed by atoms with Crippen molar-refractivity contribution in [2.24, 2.45) is 0 Å². The maximum absolute atomic E-state index is 13.4. The molecule has 0 fully saturated rings. The number of sulfonamides is 1. The Morgan fingerprint density at radius 1 is 1.03 bits per heavy atom. The molecule has 3 aromatic carbocycles. The SMILES string of the molecule is Cc1ccc(N(CC(=O)NC[C@H]2COc3ccccc3O2)S(=O)(=O)c2ccc(Cl)cc2)cc1. The summed E-state index contributed by atoms with van der Waals surface area (Å²) in [5.41, 5.74) is 1.36. The first-order valence-electron chi connectivity index (χ1n) is 10.3. The highest BCUT2D eigenvalue weighted by Gasteiger charge is 2.28. The topological polar surface area (TPSA) is 84.9 Å². The van der Waals surface area contributed by atoms with Gasteiger partial charge in [0.2, 0.25) is 5.91 Å². The van der Waals surface area contributed by atoms with E-state index < -0.39 is 22.5 Å². The van der Waals surface area contributed by atoms with Gasteiger partial charge in [0.1, 0.15) is 19.3 Å². The Hall–Kier alpha value is -3.23. The number of halogens is 1. The second kappa shape index (κ2) is 9.72. The largest absolute Gasteiger partial charge is 0.486 e. The minimum Gasteiger partial charge on any atom is -0.486 e. The molecule has 3 aromatic rings. The number of nitrogens with one attached hydrogen (secondary N) is 1. The van der Waals surface area contributed by atoms with Crippen molar-refractivity contribution in [3.05, 3.63) is 83.4 Å². The maximum Gasteiger partial charge on any atom is 0.264 e. The number of fused-ring (bicyclic) bond motifs is 1. The average Bonchev–Trinajstić information content (AvgIpc) is 2.82. The van der Waals surface area contributed by atoms with Gasteiger partial charge in [-0.15, -0.1) is 0 Å². The molecular weight excluding hydrogens is 464 g/mol. The number of rotatable bonds is 7. The van der Waals surface area contributed by atoms with Gasteiger partial charge in [0.15, 0.2) is 11.5 Å². The number of nitrogens with zero attached hydrogens (tertiary/aromatic N) is 1. The number of amides is 1. The van der Waals surface area contributed by atoms with E-state index in [-0.39, 0.29) is 24.2 Å². The number of ether oxygens (including phenoxy) is 2. The summed E-state index contributed by atoms with van der Waals surface area (Å²) < 4.78 is 39.3. The molecule has 1 aliphatic heterocycles. The van der Waals surface area contributed by atoms with Crippen molar-refractivity contribution >= 4 is 33.2 Å². The molecule has 0 bridgehead atoms. The number of benzene rings is 3. The van der Waals surface area contributed by atoms with E-state index in [2.05, 4.69) is 5.32 Å². The van der Waals surface area contributed by atoms with E-state index in [9.17, 15) is 13.2 Å². The van der Waals surface area contributed by atoms with E-state index in [0.29, 0.717) is 22.2 Å². The van der Waals surface area contributed by atoms with Crippen LogP contribution in [0.1, 0.15) is 5.56 Å². The van der Waals surface area contributed by atoms with Gasteiger partial charge in [0, 0.05) is 5.02 Å². The van der Waals surface area contributed by atoms with E-state index >= 15 is 0 Å². The fraction of sp³-hybridized carbons (Fsp3) is 0.208. The molecule has 33 heavy (non-hydrogen) atoms. The molecule has 0 spiro atoms. The van der Waals surface area contributed by atoms with Gasteiger partial charge in [-0.3, -0.25) is 9.10 Å². The number of carbonyl (C=O) groups is 1. The highest BCUT2D eigenvalue weighted by atomic mass is 35.5. The van der Waals surface area contributed by atoms with Gasteiger partial charge in [0.05, 0.1) is 17.1 Å². The molecule has 7 nitrogen and oxygen atoms in total. The lowest BCUT2D eigenvalue weighted by Crippen LogP contribution is -2.45. The van der Waals surface area contributed by atoms with E-state index in [1.165, 1.54) is 24.3 Å². The molecule has 0 saturated heterocycles. The minimum absolute atomic E-state index is 0.0425. The number of hydrogen-bond donors (Lipinski definition) is 1. The molecule has 0 saturated carbocycles. The zero-order valence-electron chi connectivity index (χ0n) is 17.9. The van der Waals surface area contributed by atoms with Gasteiger partial charge in [0.25, 0.3) is 10.0 Å². The number of anilines is 1. The number of carbonyl (C=O) groups excluding carboxylic acids is 1. The Kier molecular flexibility index (Phi) is 6.76. The van der Waals surface area contributed by atoms with E-state index in [1.54, 1.807) is 30.3 Å². The number of para-hydroxylation sites is 2. The highest BCUT2D eigenvalue weighted by molar-refractivity contribution is 7.92. The van der Waals surface area contributed by atoms with Crippen LogP contribution in [0.3, 0.4) is 0 Å². The lowest BCUT2D eigenvalue weighted by molar-refractivity contribution is -0.120. The predicted octanol–water partition coefficient (Wildman–Crippen LogP) is 3.80. The lowest BCUT2D eigenvalue weighted by atomic mass is 10.2. The Morgan fingerprint density at radius 3 is 2.39 bits per heavy atom. The molecule has 1 heterocycles. The van der Waals surface area contributed by atoms with E-state index in [4.69, 9.17) is 21.1 Å². The first-order valence-corrected chi connectivity index (χ1v) is 12.1. The van der Waals surface area contributed by atoms with Crippen molar-refractivity contribution < 1.29 is 22.7 Å². The summed E-state index contributed by atoms with van der Waals surface area (Å²) in [7, 11) is -4.00. The molecule has 1 atom stereocenters. The third kappa shape index (κ3) is 5.40. The molecule has 0 unspecified atom stereocenters. The minimum atomic E-state index is -4.00. The first kappa shape index (κ1) is 22.9. The Labute approximate surface area is 197 Å². The summed E-state index contributed by atoms with van der Waals surface area (Å²) in [6.07, 6.45) is -0.385. The van der Waals surface area contributed by atoms with E-state index in [0.717, 1.165) is 9.87 Å². The fourth-order valence-corrected chi connectivity index (χ4v) is 4.88. The molecule has 0 radical (unpaired) electrons. The molecular formula is C24H23ClN2O5S. The number of hydrogen-bond acceptors (Lipinski definition) is 5. The van der Waals surface area contributed by atoms with E-state index in [1.807, 2.05) is 25.1 Å². The maximum atomic E-state index is 13.4. The van der Waals surface area contributed by atoms with Crippen LogP contribution in [0.25, 0.3) is 0 Å². The summed E-state index contributed by atoms with van der Waals surface area (Å²) in [5.74, 6) is 0.796. The van der Waals surface area contributed by atoms with Gasteiger partial charge in [-0.1, -0.05) is 41.4 Å². The molecule has 1 amide bonds. The Balaban J connectivity index is 1.49. The monoisotopic (exact) mass is 486 g/mol. The fourth-order valence-electron chi connectivity index (χ4n) is 3.34. The number of aryl methyl sites for hydroxylation is 1. The normalized spacial score (nSPS) is 15.0. The van der Waals surface area contributed by atoms with Crippen LogP contribution >= 0.6 is 11.6 Å². The predicted molar refractivity (Wildman–Crippen MR) is 127 cm³/mol. The second-order valence-corrected chi connectivity index (χ2v) is 9.90. The van der Waals surface area contributed by atoms with Crippen molar-refractivity contribution in [1.82, 2.24) is 5.32 Å². The molecule has 0 aliphatic carbocycles. The second-order valence-electron chi connectivity index (χ2n) is 7.60. The molecule has 9 heteroatoms. The molecule has 4 rings (SSSR count).